The molecule has 0 aliphatic heterocycles. The van der Waals surface area contributed by atoms with Crippen LogP contribution in [0.15, 0.2) is 0 Å². The van der Waals surface area contributed by atoms with Gasteiger partial charge in [0.05, 0.1) is 0 Å². The second kappa shape index (κ2) is 7.41. The zero-order chi connectivity index (χ0) is 10.3. The molecular formula is C13H28. The van der Waals surface area contributed by atoms with Crippen LogP contribution in [0.25, 0.3) is 0 Å². The third-order valence-corrected chi connectivity index (χ3v) is 3.28. The predicted molar refractivity (Wildman–Crippen MR) is 61.9 cm³/mol. The van der Waals surface area contributed by atoms with Crippen molar-refractivity contribution in [3.05, 3.63) is 0 Å². The molecule has 0 bridgehead atoms. The van der Waals surface area contributed by atoms with E-state index in [0.29, 0.717) is 0 Å². The minimum absolute atomic E-state index is 0.862. The lowest BCUT2D eigenvalue weighted by molar-refractivity contribution is 0.356. The monoisotopic (exact) mass is 184 g/mol. The highest BCUT2D eigenvalue weighted by molar-refractivity contribution is 4.59. The van der Waals surface area contributed by atoms with Crippen LogP contribution in [0.4, 0.5) is 0 Å². The highest BCUT2D eigenvalue weighted by Gasteiger charge is 2.07. The summed E-state index contributed by atoms with van der Waals surface area (Å²) < 4.78 is 0. The van der Waals surface area contributed by atoms with Crippen molar-refractivity contribution < 1.29 is 0 Å². The van der Waals surface area contributed by atoms with Crippen molar-refractivity contribution in [2.75, 3.05) is 0 Å². The third kappa shape index (κ3) is 7.10. The Hall–Kier alpha value is 0. The molecule has 0 saturated heterocycles. The largest absolute Gasteiger partial charge is 0.0654 e. The van der Waals surface area contributed by atoms with Gasteiger partial charge in [-0.15, -0.1) is 0 Å². The van der Waals surface area contributed by atoms with Gasteiger partial charge >= 0.3 is 0 Å². The molecular weight excluding hydrogens is 156 g/mol. The van der Waals surface area contributed by atoms with Gasteiger partial charge in [0, 0.05) is 0 Å². The summed E-state index contributed by atoms with van der Waals surface area (Å²) in [4.78, 5) is 0. The van der Waals surface area contributed by atoms with Gasteiger partial charge in [-0.1, -0.05) is 66.7 Å². The van der Waals surface area contributed by atoms with E-state index in [4.69, 9.17) is 0 Å². The minimum atomic E-state index is 0.862. The topological polar surface area (TPSA) is 0 Å². The number of hydrogen-bond acceptors (Lipinski definition) is 0. The average molecular weight is 184 g/mol. The summed E-state index contributed by atoms with van der Waals surface area (Å²) in [5.74, 6) is 2.72. The molecule has 2 atom stereocenters. The van der Waals surface area contributed by atoms with Crippen LogP contribution in [-0.4, -0.2) is 0 Å². The second-order valence-corrected chi connectivity index (χ2v) is 5.05. The van der Waals surface area contributed by atoms with E-state index >= 15 is 0 Å². The van der Waals surface area contributed by atoms with Crippen molar-refractivity contribution in [1.29, 1.82) is 0 Å². The molecule has 0 spiro atoms. The Morgan fingerprint density at radius 2 is 1.46 bits per heavy atom. The Balaban J connectivity index is 3.33. The fourth-order valence-electron chi connectivity index (χ4n) is 1.76. The molecule has 0 heteroatoms. The standard InChI is InChI=1S/C13H28/c1-6-8-12(4)9-7-10-13(5)11(2)3/h11-13H,6-10H2,1-5H3. The van der Waals surface area contributed by atoms with Crippen molar-refractivity contribution in [2.45, 2.75) is 66.7 Å². The molecule has 0 aliphatic rings. The van der Waals surface area contributed by atoms with Gasteiger partial charge in [0.1, 0.15) is 0 Å². The van der Waals surface area contributed by atoms with Crippen molar-refractivity contribution in [1.82, 2.24) is 0 Å². The molecule has 0 N–H and O–H groups in total. The Morgan fingerprint density at radius 1 is 0.846 bits per heavy atom. The smallest absolute Gasteiger partial charge is 0.0420 e. The molecule has 13 heavy (non-hydrogen) atoms. The quantitative estimate of drug-likeness (QED) is 0.528. The molecule has 0 aromatic heterocycles. The zero-order valence-electron chi connectivity index (χ0n) is 10.3. The van der Waals surface area contributed by atoms with Gasteiger partial charge in [-0.25, -0.2) is 0 Å². The second-order valence-electron chi connectivity index (χ2n) is 5.05. The lowest BCUT2D eigenvalue weighted by atomic mass is 9.90. The molecule has 0 aromatic carbocycles. The summed E-state index contributed by atoms with van der Waals surface area (Å²) in [6, 6.07) is 0. The first-order valence-electron chi connectivity index (χ1n) is 6.07. The number of rotatable bonds is 7. The first kappa shape index (κ1) is 13.0. The summed E-state index contributed by atoms with van der Waals surface area (Å²) in [5, 5.41) is 0. The highest BCUT2D eigenvalue weighted by atomic mass is 14.1. The van der Waals surface area contributed by atoms with Gasteiger partial charge in [0.2, 0.25) is 0 Å². The Kier molecular flexibility index (Phi) is 7.41. The molecule has 2 unspecified atom stereocenters. The van der Waals surface area contributed by atoms with Crippen molar-refractivity contribution in [2.24, 2.45) is 17.8 Å². The molecule has 0 heterocycles. The summed E-state index contributed by atoms with van der Waals surface area (Å²) >= 11 is 0. The first-order valence-corrected chi connectivity index (χ1v) is 6.07. The van der Waals surface area contributed by atoms with Gasteiger partial charge in [0.25, 0.3) is 0 Å². The van der Waals surface area contributed by atoms with Crippen LogP contribution in [0, 0.1) is 17.8 Å². The third-order valence-electron chi connectivity index (χ3n) is 3.28. The Morgan fingerprint density at radius 3 is 1.92 bits per heavy atom. The molecule has 0 amide bonds. The molecule has 0 rings (SSSR count). The van der Waals surface area contributed by atoms with Crippen molar-refractivity contribution in [3.63, 3.8) is 0 Å². The van der Waals surface area contributed by atoms with E-state index in [-0.39, 0.29) is 0 Å². The summed E-state index contributed by atoms with van der Waals surface area (Å²) in [6.07, 6.45) is 7.05. The number of hydrogen-bond donors (Lipinski definition) is 0. The van der Waals surface area contributed by atoms with E-state index in [1.807, 2.05) is 0 Å². The molecule has 0 aliphatic carbocycles. The highest BCUT2D eigenvalue weighted by Crippen LogP contribution is 2.20. The van der Waals surface area contributed by atoms with Gasteiger partial charge < -0.3 is 0 Å². The maximum absolute atomic E-state index is 2.39. The van der Waals surface area contributed by atoms with Gasteiger partial charge in [0.15, 0.2) is 0 Å². The van der Waals surface area contributed by atoms with E-state index in [2.05, 4.69) is 34.6 Å². The predicted octanol–water partition coefficient (Wildman–Crippen LogP) is 4.89. The summed E-state index contributed by atoms with van der Waals surface area (Å²) in [5.41, 5.74) is 0. The van der Waals surface area contributed by atoms with E-state index in [1.54, 1.807) is 0 Å². The van der Waals surface area contributed by atoms with Gasteiger partial charge in [-0.2, -0.15) is 0 Å². The average Bonchev–Trinajstić information content (AvgIpc) is 2.04. The Labute approximate surface area is 85.1 Å². The maximum atomic E-state index is 2.39. The van der Waals surface area contributed by atoms with Crippen LogP contribution < -0.4 is 0 Å². The van der Waals surface area contributed by atoms with Crippen LogP contribution in [0.5, 0.6) is 0 Å². The fourth-order valence-corrected chi connectivity index (χ4v) is 1.76. The summed E-state index contributed by atoms with van der Waals surface area (Å²) in [7, 11) is 0. The molecule has 0 nitrogen and oxygen atoms in total. The van der Waals surface area contributed by atoms with Crippen LogP contribution in [0.1, 0.15) is 66.7 Å². The lowest BCUT2D eigenvalue weighted by Crippen LogP contribution is -2.04. The lowest BCUT2D eigenvalue weighted by Gasteiger charge is -2.16. The molecule has 0 radical (unpaired) electrons. The SMILES string of the molecule is CCCC(C)CCCC(C)C(C)C. The van der Waals surface area contributed by atoms with E-state index in [9.17, 15) is 0 Å². The van der Waals surface area contributed by atoms with Gasteiger partial charge in [-0.05, 0) is 17.8 Å². The molecule has 0 fully saturated rings. The van der Waals surface area contributed by atoms with E-state index < -0.39 is 0 Å². The normalized spacial score (nSPS) is 16.2. The van der Waals surface area contributed by atoms with Crippen LogP contribution in [0.2, 0.25) is 0 Å². The van der Waals surface area contributed by atoms with Crippen LogP contribution >= 0.6 is 0 Å². The van der Waals surface area contributed by atoms with Crippen molar-refractivity contribution in [3.8, 4) is 0 Å². The fraction of sp³-hybridized carbons (Fsp3) is 1.00. The van der Waals surface area contributed by atoms with E-state index in [1.165, 1.54) is 32.1 Å². The van der Waals surface area contributed by atoms with E-state index in [0.717, 1.165) is 17.8 Å². The maximum Gasteiger partial charge on any atom is -0.0420 e. The molecule has 0 saturated carbocycles. The van der Waals surface area contributed by atoms with Crippen LogP contribution in [-0.2, 0) is 0 Å². The van der Waals surface area contributed by atoms with Crippen molar-refractivity contribution >= 4 is 0 Å². The molecule has 0 aromatic rings. The van der Waals surface area contributed by atoms with Crippen LogP contribution in [0.3, 0.4) is 0 Å². The molecule has 80 valence electrons. The summed E-state index contributed by atoms with van der Waals surface area (Å²) in [6.45, 7) is 11.7. The zero-order valence-corrected chi connectivity index (χ0v) is 10.3. The minimum Gasteiger partial charge on any atom is -0.0654 e. The van der Waals surface area contributed by atoms with Gasteiger partial charge in [-0.3, -0.25) is 0 Å². The Bertz CT molecular complexity index is 105. The first-order chi connectivity index (χ1) is 6.07.